The van der Waals surface area contributed by atoms with Crippen molar-refractivity contribution in [1.82, 2.24) is 25.2 Å². The number of nitrogens with one attached hydrogen (secondary N) is 1. The Morgan fingerprint density at radius 2 is 1.94 bits per heavy atom. The van der Waals surface area contributed by atoms with E-state index >= 15 is 0 Å². The normalized spacial score (nSPS) is 22.7. The Labute approximate surface area is 188 Å². The van der Waals surface area contributed by atoms with Crippen LogP contribution in [-0.4, -0.2) is 75.7 Å². The number of pyridine rings is 1. The third-order valence-corrected chi connectivity index (χ3v) is 5.83. The number of rotatable bonds is 4. The molecule has 178 valence electrons. The third kappa shape index (κ3) is 5.56. The zero-order valence-corrected chi connectivity index (χ0v) is 18.0. The number of hydrogen-bond donors (Lipinski definition) is 2. The second kappa shape index (κ2) is 10.1. The number of piperidine rings is 1. The largest absolute Gasteiger partial charge is 0.490 e. The Hall–Kier alpha value is -3.28. The van der Waals surface area contributed by atoms with Crippen LogP contribution < -0.4 is 10.2 Å². The number of carbonyl (C=O) groups is 2. The summed E-state index contributed by atoms with van der Waals surface area (Å²) in [6.45, 7) is 3.25. The Bertz CT molecular complexity index is 947. The number of aromatic nitrogens is 3. The molecule has 0 unspecified atom stereocenters. The molecule has 2 saturated heterocycles. The first kappa shape index (κ1) is 24.4. The number of anilines is 1. The number of aliphatic carboxylic acids is 1. The fraction of sp³-hybridized carbons (Fsp3) is 0.476. The van der Waals surface area contributed by atoms with Gasteiger partial charge in [-0.3, -0.25) is 14.7 Å². The van der Waals surface area contributed by atoms with Crippen molar-refractivity contribution in [1.29, 1.82) is 0 Å². The van der Waals surface area contributed by atoms with Gasteiger partial charge in [-0.2, -0.15) is 13.2 Å². The molecule has 9 nitrogen and oxygen atoms in total. The predicted molar refractivity (Wildman–Crippen MR) is 112 cm³/mol. The number of nitrogens with zero attached hydrogens (tertiary/aromatic N) is 5. The van der Waals surface area contributed by atoms with Crippen molar-refractivity contribution in [3.63, 3.8) is 0 Å². The molecule has 2 aromatic rings. The fourth-order valence-electron chi connectivity index (χ4n) is 4.49. The molecule has 2 aliphatic rings. The number of likely N-dealkylation sites (tertiary alicyclic amines) is 1. The molecule has 2 aromatic heterocycles. The second-order valence-electron chi connectivity index (χ2n) is 7.93. The molecule has 12 heteroatoms. The number of alkyl halides is 3. The molecule has 0 bridgehead atoms. The number of carboxylic acid groups (broad SMARTS) is 1. The number of carbonyl (C=O) groups excluding carboxylic acids is 1. The van der Waals surface area contributed by atoms with Gasteiger partial charge in [0.25, 0.3) is 0 Å². The lowest BCUT2D eigenvalue weighted by Gasteiger charge is -2.44. The first-order valence-electron chi connectivity index (χ1n) is 10.3. The standard InChI is InChI=1S/C19H24N6O.C2HF3O2/c1-20-17(26)19-6-3-10-25(18-22-8-4-9-23-18)16(19)13-24(14-19)12-15-5-2-7-21-11-15;3-2(4,5)1(6)7/h2,4-5,7-9,11,16H,3,6,10,12-14H2,1H3,(H,20,26);(H,6,7)/t16-,19-;/m1./s1. The summed E-state index contributed by atoms with van der Waals surface area (Å²) in [7, 11) is 1.73. The van der Waals surface area contributed by atoms with Crippen LogP contribution >= 0.6 is 0 Å². The Balaban J connectivity index is 0.000000383. The molecule has 0 radical (unpaired) electrons. The quantitative estimate of drug-likeness (QED) is 0.701. The van der Waals surface area contributed by atoms with Gasteiger partial charge in [-0.1, -0.05) is 6.07 Å². The highest BCUT2D eigenvalue weighted by atomic mass is 19.4. The lowest BCUT2D eigenvalue weighted by molar-refractivity contribution is -0.192. The SMILES string of the molecule is CNC(=O)[C@@]12CCCN(c3ncccn3)[C@@H]1CN(Cc1cccnc1)C2.O=C(O)C(F)(F)F. The average molecular weight is 466 g/mol. The first-order chi connectivity index (χ1) is 15.7. The van der Waals surface area contributed by atoms with Crippen LogP contribution in [0.3, 0.4) is 0 Å². The van der Waals surface area contributed by atoms with Crippen LogP contribution in [0.15, 0.2) is 43.0 Å². The summed E-state index contributed by atoms with van der Waals surface area (Å²) in [6.07, 6.45) is 3.98. The topological polar surface area (TPSA) is 112 Å². The molecule has 4 rings (SSSR count). The number of amides is 1. The maximum absolute atomic E-state index is 12.9. The van der Waals surface area contributed by atoms with E-state index in [1.807, 2.05) is 18.3 Å². The predicted octanol–water partition coefficient (Wildman–Crippen LogP) is 1.72. The molecule has 0 aromatic carbocycles. The van der Waals surface area contributed by atoms with E-state index in [9.17, 15) is 18.0 Å². The first-order valence-corrected chi connectivity index (χ1v) is 10.3. The van der Waals surface area contributed by atoms with Gasteiger partial charge in [0.1, 0.15) is 0 Å². The fourth-order valence-corrected chi connectivity index (χ4v) is 4.49. The number of carboxylic acids is 1. The summed E-state index contributed by atoms with van der Waals surface area (Å²) < 4.78 is 31.7. The van der Waals surface area contributed by atoms with Crippen molar-refractivity contribution >= 4 is 17.8 Å². The highest BCUT2D eigenvalue weighted by Gasteiger charge is 2.55. The maximum Gasteiger partial charge on any atom is 0.490 e. The van der Waals surface area contributed by atoms with Crippen molar-refractivity contribution in [3.8, 4) is 0 Å². The van der Waals surface area contributed by atoms with Crippen LogP contribution in [0.4, 0.5) is 19.1 Å². The van der Waals surface area contributed by atoms with Crippen LogP contribution in [0.1, 0.15) is 18.4 Å². The van der Waals surface area contributed by atoms with Gasteiger partial charge in [-0.25, -0.2) is 14.8 Å². The third-order valence-electron chi connectivity index (χ3n) is 5.83. The second-order valence-corrected chi connectivity index (χ2v) is 7.93. The minimum Gasteiger partial charge on any atom is -0.475 e. The van der Waals surface area contributed by atoms with Gasteiger partial charge in [0.2, 0.25) is 11.9 Å². The van der Waals surface area contributed by atoms with Crippen molar-refractivity contribution < 1.29 is 27.9 Å². The summed E-state index contributed by atoms with van der Waals surface area (Å²) in [5, 5.41) is 10.0. The molecule has 4 heterocycles. The summed E-state index contributed by atoms with van der Waals surface area (Å²) in [5.74, 6) is -1.92. The number of hydrogen-bond acceptors (Lipinski definition) is 7. The summed E-state index contributed by atoms with van der Waals surface area (Å²) in [6, 6.07) is 5.94. The Kier molecular flexibility index (Phi) is 7.46. The molecule has 33 heavy (non-hydrogen) atoms. The molecule has 2 aliphatic heterocycles. The molecule has 2 N–H and O–H groups in total. The summed E-state index contributed by atoms with van der Waals surface area (Å²) >= 11 is 0. The van der Waals surface area contributed by atoms with E-state index in [1.165, 1.54) is 5.56 Å². The zero-order valence-electron chi connectivity index (χ0n) is 18.0. The smallest absolute Gasteiger partial charge is 0.475 e. The summed E-state index contributed by atoms with van der Waals surface area (Å²) in [5.41, 5.74) is 0.745. The maximum atomic E-state index is 12.9. The molecule has 2 atom stereocenters. The molecule has 1 amide bonds. The zero-order chi connectivity index (χ0) is 24.1. The van der Waals surface area contributed by atoms with Gasteiger partial charge in [0.05, 0.1) is 11.5 Å². The monoisotopic (exact) mass is 466 g/mol. The highest BCUT2D eigenvalue weighted by molar-refractivity contribution is 5.85. The van der Waals surface area contributed by atoms with E-state index < -0.39 is 17.6 Å². The van der Waals surface area contributed by atoms with E-state index in [2.05, 4.69) is 36.1 Å². The highest BCUT2D eigenvalue weighted by Crippen LogP contribution is 2.43. The van der Waals surface area contributed by atoms with Crippen LogP contribution in [0.2, 0.25) is 0 Å². The van der Waals surface area contributed by atoms with E-state index in [1.54, 1.807) is 25.6 Å². The van der Waals surface area contributed by atoms with E-state index in [-0.39, 0.29) is 11.9 Å². The number of fused-ring (bicyclic) bond motifs is 1. The number of halogens is 3. The van der Waals surface area contributed by atoms with Crippen LogP contribution in [-0.2, 0) is 16.1 Å². The van der Waals surface area contributed by atoms with E-state index in [0.29, 0.717) is 5.95 Å². The van der Waals surface area contributed by atoms with Gasteiger partial charge in [-0.05, 0) is 30.5 Å². The van der Waals surface area contributed by atoms with E-state index in [0.717, 1.165) is 39.0 Å². The molecular formula is C21H25F3N6O3. The summed E-state index contributed by atoms with van der Waals surface area (Å²) in [4.78, 5) is 39.5. The van der Waals surface area contributed by atoms with Gasteiger partial charge in [0.15, 0.2) is 0 Å². The molecular weight excluding hydrogens is 441 g/mol. The lowest BCUT2D eigenvalue weighted by atomic mass is 9.74. The molecule has 0 aliphatic carbocycles. The van der Waals surface area contributed by atoms with Gasteiger partial charge in [-0.15, -0.1) is 0 Å². The van der Waals surface area contributed by atoms with Gasteiger partial charge >= 0.3 is 12.1 Å². The average Bonchev–Trinajstić information content (AvgIpc) is 3.18. The van der Waals surface area contributed by atoms with Gasteiger partial charge in [0, 0.05) is 58.0 Å². The lowest BCUT2D eigenvalue weighted by Crippen LogP contribution is -2.58. The van der Waals surface area contributed by atoms with Crippen LogP contribution in [0, 0.1) is 5.41 Å². The van der Waals surface area contributed by atoms with Crippen molar-refractivity contribution in [2.24, 2.45) is 5.41 Å². The Morgan fingerprint density at radius 1 is 1.24 bits per heavy atom. The van der Waals surface area contributed by atoms with Crippen LogP contribution in [0.25, 0.3) is 0 Å². The molecule has 0 saturated carbocycles. The Morgan fingerprint density at radius 3 is 2.52 bits per heavy atom. The minimum atomic E-state index is -5.08. The van der Waals surface area contributed by atoms with E-state index in [4.69, 9.17) is 9.90 Å². The minimum absolute atomic E-state index is 0.0790. The van der Waals surface area contributed by atoms with Crippen molar-refractivity contribution in [2.45, 2.75) is 31.6 Å². The van der Waals surface area contributed by atoms with Crippen LogP contribution in [0.5, 0.6) is 0 Å². The molecule has 0 spiro atoms. The molecule has 2 fully saturated rings. The van der Waals surface area contributed by atoms with Gasteiger partial charge < -0.3 is 15.3 Å². The van der Waals surface area contributed by atoms with Crippen molar-refractivity contribution in [3.05, 3.63) is 48.5 Å². The van der Waals surface area contributed by atoms with Crippen molar-refractivity contribution in [2.75, 3.05) is 31.6 Å².